The summed E-state index contributed by atoms with van der Waals surface area (Å²) in [6.45, 7) is -0.271. The van der Waals surface area contributed by atoms with Gasteiger partial charge in [0.15, 0.2) is 0 Å². The van der Waals surface area contributed by atoms with Crippen LogP contribution in [0.4, 0.5) is 10.5 Å². The minimum Gasteiger partial charge on any atom is -0.481 e. The van der Waals surface area contributed by atoms with E-state index in [1.54, 1.807) is 12.1 Å². The summed E-state index contributed by atoms with van der Waals surface area (Å²) in [6, 6.07) is 8.28. The van der Waals surface area contributed by atoms with Crippen LogP contribution < -0.4 is 10.6 Å². The average molecular weight is 308 g/mol. The highest BCUT2D eigenvalue weighted by Crippen LogP contribution is 2.22. The molecular formula is C15H20N2O5. The third-order valence-electron chi connectivity index (χ3n) is 3.55. The van der Waals surface area contributed by atoms with Crippen LogP contribution in [0, 0.1) is 0 Å². The topological polar surface area (TPSA) is 108 Å². The Kier molecular flexibility index (Phi) is 5.74. The summed E-state index contributed by atoms with van der Waals surface area (Å²) >= 11 is 0. The van der Waals surface area contributed by atoms with Crippen LogP contribution in [0.15, 0.2) is 30.3 Å². The molecule has 0 aromatic heterocycles. The normalized spacial score (nSPS) is 24.5. The van der Waals surface area contributed by atoms with Crippen LogP contribution in [0.25, 0.3) is 0 Å². The number of urea groups is 1. The molecule has 0 bridgehead atoms. The van der Waals surface area contributed by atoms with Gasteiger partial charge in [-0.15, -0.1) is 0 Å². The molecule has 0 radical (unpaired) electrons. The predicted octanol–water partition coefficient (Wildman–Crippen LogP) is 1.19. The van der Waals surface area contributed by atoms with Gasteiger partial charge in [-0.05, 0) is 25.0 Å². The quantitative estimate of drug-likeness (QED) is 0.653. The third-order valence-corrected chi connectivity index (χ3v) is 3.55. The maximum Gasteiger partial charge on any atom is 0.319 e. The molecule has 1 saturated heterocycles. The molecule has 2 rings (SSSR count). The molecule has 1 aromatic carbocycles. The molecule has 1 fully saturated rings. The van der Waals surface area contributed by atoms with Crippen LogP contribution in [0.5, 0.6) is 0 Å². The Balaban J connectivity index is 1.86. The number of carboxylic acids is 1. The Morgan fingerprint density at radius 2 is 1.95 bits per heavy atom. The van der Waals surface area contributed by atoms with E-state index < -0.39 is 18.2 Å². The van der Waals surface area contributed by atoms with Gasteiger partial charge in [0, 0.05) is 5.69 Å². The fourth-order valence-corrected chi connectivity index (χ4v) is 2.50. The number of para-hydroxylation sites is 1. The first-order valence-corrected chi connectivity index (χ1v) is 7.19. The van der Waals surface area contributed by atoms with E-state index in [9.17, 15) is 14.7 Å². The number of aliphatic carboxylic acids is 1. The second-order valence-corrected chi connectivity index (χ2v) is 5.23. The van der Waals surface area contributed by atoms with E-state index in [1.165, 1.54) is 0 Å². The highest BCUT2D eigenvalue weighted by Gasteiger charge is 2.32. The molecule has 7 nitrogen and oxygen atoms in total. The monoisotopic (exact) mass is 308 g/mol. The zero-order chi connectivity index (χ0) is 15.9. The number of aliphatic hydroxyl groups is 1. The number of benzene rings is 1. The van der Waals surface area contributed by atoms with E-state index in [-0.39, 0.29) is 25.1 Å². The maximum absolute atomic E-state index is 11.9. The van der Waals surface area contributed by atoms with Crippen LogP contribution in [-0.2, 0) is 9.53 Å². The van der Waals surface area contributed by atoms with E-state index in [4.69, 9.17) is 9.84 Å². The van der Waals surface area contributed by atoms with Gasteiger partial charge in [-0.25, -0.2) is 4.79 Å². The Labute approximate surface area is 128 Å². The van der Waals surface area contributed by atoms with E-state index >= 15 is 0 Å². The van der Waals surface area contributed by atoms with Gasteiger partial charge >= 0.3 is 12.0 Å². The molecule has 0 spiro atoms. The van der Waals surface area contributed by atoms with E-state index in [2.05, 4.69) is 10.6 Å². The lowest BCUT2D eigenvalue weighted by atomic mass is 9.97. The Morgan fingerprint density at radius 1 is 1.23 bits per heavy atom. The number of ether oxygens (including phenoxy) is 1. The Bertz CT molecular complexity index is 508. The van der Waals surface area contributed by atoms with Crippen molar-refractivity contribution >= 4 is 17.7 Å². The molecule has 4 N–H and O–H groups in total. The summed E-state index contributed by atoms with van der Waals surface area (Å²) in [5, 5.41) is 23.6. The predicted molar refractivity (Wildman–Crippen MR) is 79.6 cm³/mol. The van der Waals surface area contributed by atoms with E-state index in [1.807, 2.05) is 18.2 Å². The standard InChI is InChI=1S/C15H20N2O5/c18-9-13-12(7-6-11(22-13)8-14(19)20)17-15(21)16-10-4-2-1-3-5-10/h1-5,11-13,18H,6-9H2,(H,19,20)(H2,16,17,21)/t11-,12-,13+/m1/s1. The average Bonchev–Trinajstić information content (AvgIpc) is 2.49. The first-order chi connectivity index (χ1) is 10.6. The number of carbonyl (C=O) groups excluding carboxylic acids is 1. The largest absolute Gasteiger partial charge is 0.481 e. The molecule has 1 aliphatic rings. The number of hydrogen-bond donors (Lipinski definition) is 4. The first kappa shape index (κ1) is 16.3. The minimum absolute atomic E-state index is 0.0978. The second-order valence-electron chi connectivity index (χ2n) is 5.23. The molecule has 1 aliphatic heterocycles. The van der Waals surface area contributed by atoms with Gasteiger partial charge in [0.2, 0.25) is 0 Å². The smallest absolute Gasteiger partial charge is 0.319 e. The third kappa shape index (κ3) is 4.71. The van der Waals surface area contributed by atoms with Gasteiger partial charge in [0.25, 0.3) is 0 Å². The number of nitrogens with one attached hydrogen (secondary N) is 2. The van der Waals surface area contributed by atoms with Crippen molar-refractivity contribution < 1.29 is 24.5 Å². The number of amides is 2. The number of anilines is 1. The molecule has 22 heavy (non-hydrogen) atoms. The molecule has 120 valence electrons. The van der Waals surface area contributed by atoms with Gasteiger partial charge in [-0.1, -0.05) is 18.2 Å². The molecular weight excluding hydrogens is 288 g/mol. The zero-order valence-electron chi connectivity index (χ0n) is 12.1. The highest BCUT2D eigenvalue weighted by atomic mass is 16.5. The van der Waals surface area contributed by atoms with Gasteiger partial charge in [-0.2, -0.15) is 0 Å². The first-order valence-electron chi connectivity index (χ1n) is 7.19. The van der Waals surface area contributed by atoms with Crippen molar-refractivity contribution in [1.29, 1.82) is 0 Å². The number of carbonyl (C=O) groups is 2. The molecule has 7 heteroatoms. The summed E-state index contributed by atoms with van der Waals surface area (Å²) < 4.78 is 5.54. The SMILES string of the molecule is O=C(O)C[C@H]1CC[C@@H](NC(=O)Nc2ccccc2)[C@H](CO)O1. The van der Waals surface area contributed by atoms with E-state index in [0.29, 0.717) is 18.5 Å². The van der Waals surface area contributed by atoms with Crippen molar-refractivity contribution in [2.24, 2.45) is 0 Å². The molecule has 3 atom stereocenters. The Morgan fingerprint density at radius 3 is 2.59 bits per heavy atom. The maximum atomic E-state index is 11.9. The molecule has 0 saturated carbocycles. The Hall–Kier alpha value is -2.12. The van der Waals surface area contributed by atoms with Crippen LogP contribution >= 0.6 is 0 Å². The van der Waals surface area contributed by atoms with Gasteiger partial charge in [0.05, 0.1) is 25.2 Å². The summed E-state index contributed by atoms with van der Waals surface area (Å²) in [5.41, 5.74) is 0.668. The number of hydrogen-bond acceptors (Lipinski definition) is 4. The summed E-state index contributed by atoms with van der Waals surface area (Å²) in [5.74, 6) is -0.935. The van der Waals surface area contributed by atoms with Crippen molar-refractivity contribution in [3.8, 4) is 0 Å². The molecule has 1 heterocycles. The van der Waals surface area contributed by atoms with Gasteiger partial charge in [-0.3, -0.25) is 4.79 Å². The number of aliphatic hydroxyl groups excluding tert-OH is 1. The van der Waals surface area contributed by atoms with Crippen molar-refractivity contribution in [2.75, 3.05) is 11.9 Å². The summed E-state index contributed by atoms with van der Waals surface area (Å²) in [4.78, 5) is 22.7. The number of carboxylic acid groups (broad SMARTS) is 1. The van der Waals surface area contributed by atoms with Crippen molar-refractivity contribution in [3.63, 3.8) is 0 Å². The summed E-state index contributed by atoms with van der Waals surface area (Å²) in [7, 11) is 0. The van der Waals surface area contributed by atoms with Gasteiger partial charge in [0.1, 0.15) is 6.10 Å². The second kappa shape index (κ2) is 7.77. The molecule has 1 aromatic rings. The van der Waals surface area contributed by atoms with Crippen molar-refractivity contribution in [2.45, 2.75) is 37.5 Å². The van der Waals surface area contributed by atoms with Crippen LogP contribution in [0.2, 0.25) is 0 Å². The van der Waals surface area contributed by atoms with E-state index in [0.717, 1.165) is 0 Å². The lowest BCUT2D eigenvalue weighted by Crippen LogP contribution is -2.52. The lowest BCUT2D eigenvalue weighted by Gasteiger charge is -2.35. The number of rotatable bonds is 5. The lowest BCUT2D eigenvalue weighted by molar-refractivity contribution is -0.145. The molecule has 0 unspecified atom stereocenters. The molecule has 2 amide bonds. The fraction of sp³-hybridized carbons (Fsp3) is 0.467. The van der Waals surface area contributed by atoms with Crippen LogP contribution in [-0.4, -0.2) is 47.1 Å². The van der Waals surface area contributed by atoms with Crippen molar-refractivity contribution in [3.05, 3.63) is 30.3 Å². The fourth-order valence-electron chi connectivity index (χ4n) is 2.50. The minimum atomic E-state index is -0.935. The van der Waals surface area contributed by atoms with Crippen molar-refractivity contribution in [1.82, 2.24) is 5.32 Å². The molecule has 0 aliphatic carbocycles. The summed E-state index contributed by atoms with van der Waals surface area (Å²) in [6.07, 6.45) is -0.0336. The zero-order valence-corrected chi connectivity index (χ0v) is 12.1. The van der Waals surface area contributed by atoms with Crippen LogP contribution in [0.3, 0.4) is 0 Å². The van der Waals surface area contributed by atoms with Crippen LogP contribution in [0.1, 0.15) is 19.3 Å². The highest BCUT2D eigenvalue weighted by molar-refractivity contribution is 5.89. The van der Waals surface area contributed by atoms with Gasteiger partial charge < -0.3 is 25.6 Å².